The maximum absolute atomic E-state index is 12.9. The van der Waals surface area contributed by atoms with Crippen molar-refractivity contribution in [3.63, 3.8) is 0 Å². The first kappa shape index (κ1) is 9.19. The van der Waals surface area contributed by atoms with E-state index in [1.165, 1.54) is 6.92 Å². The quantitative estimate of drug-likeness (QED) is 0.736. The predicted octanol–water partition coefficient (Wildman–Crippen LogP) is 0.952. The van der Waals surface area contributed by atoms with E-state index in [1.54, 1.807) is 10.8 Å². The van der Waals surface area contributed by atoms with Crippen LogP contribution in [0.2, 0.25) is 0 Å². The first-order valence-corrected chi connectivity index (χ1v) is 4.01. The molecule has 1 heterocycles. The second-order valence-electron chi connectivity index (χ2n) is 2.81. The molecule has 0 spiro atoms. The number of aromatic nitrogens is 2. The van der Waals surface area contributed by atoms with Gasteiger partial charge in [0.2, 0.25) is 0 Å². The third-order valence-corrected chi connectivity index (χ3v) is 1.90. The van der Waals surface area contributed by atoms with Gasteiger partial charge in [0.15, 0.2) is 0 Å². The average Bonchev–Trinajstić information content (AvgIpc) is 2.34. The number of rotatable bonds is 3. The fraction of sp³-hybridized carbons (Fsp3) is 0.625. The summed E-state index contributed by atoms with van der Waals surface area (Å²) >= 11 is 0. The first-order chi connectivity index (χ1) is 5.66. The largest absolute Gasteiger partial charge is 0.333 e. The Hall–Kier alpha value is -0.900. The van der Waals surface area contributed by atoms with Gasteiger partial charge >= 0.3 is 0 Å². The van der Waals surface area contributed by atoms with Crippen LogP contribution < -0.4 is 5.73 Å². The standard InChI is InChI=1S/C8H14FN3/c1-6(9)7-5-11-8(3-4-10)12(7)2/h5-6H,3-4,10H2,1-2H3. The number of halogens is 1. The Morgan fingerprint density at radius 2 is 2.42 bits per heavy atom. The highest BCUT2D eigenvalue weighted by Gasteiger charge is 2.10. The van der Waals surface area contributed by atoms with Crippen LogP contribution in [0.1, 0.15) is 24.6 Å². The van der Waals surface area contributed by atoms with Crippen molar-refractivity contribution in [3.8, 4) is 0 Å². The van der Waals surface area contributed by atoms with Gasteiger partial charge in [-0.2, -0.15) is 0 Å². The van der Waals surface area contributed by atoms with Crippen molar-refractivity contribution in [2.75, 3.05) is 6.54 Å². The number of imidazole rings is 1. The molecule has 0 aliphatic heterocycles. The fourth-order valence-electron chi connectivity index (χ4n) is 1.19. The Morgan fingerprint density at radius 3 is 2.83 bits per heavy atom. The van der Waals surface area contributed by atoms with Gasteiger partial charge in [0.05, 0.1) is 11.9 Å². The van der Waals surface area contributed by atoms with Gasteiger partial charge in [-0.1, -0.05) is 0 Å². The minimum Gasteiger partial charge on any atom is -0.333 e. The number of hydrogen-bond donors (Lipinski definition) is 1. The third kappa shape index (κ3) is 1.64. The summed E-state index contributed by atoms with van der Waals surface area (Å²) < 4.78 is 14.6. The normalized spacial score (nSPS) is 13.3. The van der Waals surface area contributed by atoms with Gasteiger partial charge in [0.25, 0.3) is 0 Å². The lowest BCUT2D eigenvalue weighted by molar-refractivity contribution is 0.357. The summed E-state index contributed by atoms with van der Waals surface area (Å²) in [4.78, 5) is 4.07. The highest BCUT2D eigenvalue weighted by atomic mass is 19.1. The lowest BCUT2D eigenvalue weighted by atomic mass is 10.3. The molecule has 12 heavy (non-hydrogen) atoms. The number of nitrogens with two attached hydrogens (primary N) is 1. The number of nitrogens with zero attached hydrogens (tertiary/aromatic N) is 2. The molecule has 0 amide bonds. The van der Waals surface area contributed by atoms with Gasteiger partial charge in [-0.25, -0.2) is 9.37 Å². The summed E-state index contributed by atoms with van der Waals surface area (Å²) in [6.45, 7) is 2.05. The molecule has 4 heteroatoms. The summed E-state index contributed by atoms with van der Waals surface area (Å²) in [5.74, 6) is 0.844. The van der Waals surface area contributed by atoms with Gasteiger partial charge in [-0.15, -0.1) is 0 Å². The van der Waals surface area contributed by atoms with Gasteiger partial charge in [0.1, 0.15) is 12.0 Å². The minimum absolute atomic E-state index is 0.547. The monoisotopic (exact) mass is 171 g/mol. The summed E-state index contributed by atoms with van der Waals surface area (Å²) in [5, 5.41) is 0. The second-order valence-corrected chi connectivity index (χ2v) is 2.81. The highest BCUT2D eigenvalue weighted by Crippen LogP contribution is 2.16. The van der Waals surface area contributed by atoms with E-state index in [0.717, 1.165) is 5.82 Å². The van der Waals surface area contributed by atoms with Gasteiger partial charge in [-0.3, -0.25) is 0 Å². The van der Waals surface area contributed by atoms with Crippen molar-refractivity contribution in [2.45, 2.75) is 19.5 Å². The molecule has 0 aromatic carbocycles. The average molecular weight is 171 g/mol. The van der Waals surface area contributed by atoms with E-state index in [9.17, 15) is 4.39 Å². The maximum atomic E-state index is 12.9. The molecule has 0 aliphatic carbocycles. The summed E-state index contributed by atoms with van der Waals surface area (Å²) in [7, 11) is 1.81. The fourth-order valence-corrected chi connectivity index (χ4v) is 1.19. The molecule has 0 saturated carbocycles. The summed E-state index contributed by atoms with van der Waals surface area (Å²) in [6.07, 6.45) is 1.30. The summed E-state index contributed by atoms with van der Waals surface area (Å²) in [5.41, 5.74) is 5.98. The van der Waals surface area contributed by atoms with Gasteiger partial charge in [0, 0.05) is 13.5 Å². The van der Waals surface area contributed by atoms with E-state index >= 15 is 0 Å². The SMILES string of the molecule is CC(F)c1cnc(CCN)n1C. The summed E-state index contributed by atoms with van der Waals surface area (Å²) in [6, 6.07) is 0. The molecular weight excluding hydrogens is 157 g/mol. The minimum atomic E-state index is -0.964. The van der Waals surface area contributed by atoms with Crippen molar-refractivity contribution in [2.24, 2.45) is 12.8 Å². The van der Waals surface area contributed by atoms with Crippen LogP contribution in [0.4, 0.5) is 4.39 Å². The predicted molar refractivity (Wildman–Crippen MR) is 45.5 cm³/mol. The van der Waals surface area contributed by atoms with Crippen molar-refractivity contribution < 1.29 is 4.39 Å². The molecule has 1 unspecified atom stereocenters. The zero-order chi connectivity index (χ0) is 9.14. The van der Waals surface area contributed by atoms with Crippen molar-refractivity contribution in [1.82, 2.24) is 9.55 Å². The topological polar surface area (TPSA) is 43.8 Å². The van der Waals surface area contributed by atoms with Gasteiger partial charge < -0.3 is 10.3 Å². The highest BCUT2D eigenvalue weighted by molar-refractivity contribution is 5.07. The number of hydrogen-bond acceptors (Lipinski definition) is 2. The lowest BCUT2D eigenvalue weighted by Crippen LogP contribution is -2.09. The smallest absolute Gasteiger partial charge is 0.139 e. The molecule has 68 valence electrons. The molecule has 3 nitrogen and oxygen atoms in total. The van der Waals surface area contributed by atoms with Crippen LogP contribution in [0, 0.1) is 0 Å². The van der Waals surface area contributed by atoms with Crippen molar-refractivity contribution in [1.29, 1.82) is 0 Å². The van der Waals surface area contributed by atoms with E-state index in [4.69, 9.17) is 5.73 Å². The Kier molecular flexibility index (Phi) is 2.81. The van der Waals surface area contributed by atoms with Crippen LogP contribution >= 0.6 is 0 Å². The van der Waals surface area contributed by atoms with Crippen LogP contribution in [-0.4, -0.2) is 16.1 Å². The molecule has 0 bridgehead atoms. The van der Waals surface area contributed by atoms with E-state index in [1.807, 2.05) is 7.05 Å². The Labute approximate surface area is 71.4 Å². The van der Waals surface area contributed by atoms with Crippen LogP contribution in [0.3, 0.4) is 0 Å². The molecule has 0 fully saturated rings. The molecule has 1 rings (SSSR count). The Bertz CT molecular complexity index is 255. The van der Waals surface area contributed by atoms with Crippen molar-refractivity contribution in [3.05, 3.63) is 17.7 Å². The molecule has 1 aromatic heterocycles. The van der Waals surface area contributed by atoms with Crippen LogP contribution in [-0.2, 0) is 13.5 Å². The van der Waals surface area contributed by atoms with Gasteiger partial charge in [-0.05, 0) is 13.5 Å². The Morgan fingerprint density at radius 1 is 1.75 bits per heavy atom. The van der Waals surface area contributed by atoms with E-state index < -0.39 is 6.17 Å². The Balaban J connectivity index is 2.88. The van der Waals surface area contributed by atoms with E-state index in [-0.39, 0.29) is 0 Å². The first-order valence-electron chi connectivity index (χ1n) is 4.01. The van der Waals surface area contributed by atoms with E-state index in [0.29, 0.717) is 18.7 Å². The number of alkyl halides is 1. The molecule has 0 saturated heterocycles. The van der Waals surface area contributed by atoms with Crippen molar-refractivity contribution >= 4 is 0 Å². The van der Waals surface area contributed by atoms with Crippen LogP contribution in [0.15, 0.2) is 6.20 Å². The zero-order valence-electron chi connectivity index (χ0n) is 7.42. The second kappa shape index (κ2) is 3.67. The molecule has 2 N–H and O–H groups in total. The molecular formula is C8H14FN3. The molecule has 0 radical (unpaired) electrons. The lowest BCUT2D eigenvalue weighted by Gasteiger charge is -2.05. The van der Waals surface area contributed by atoms with E-state index in [2.05, 4.69) is 4.98 Å². The maximum Gasteiger partial charge on any atom is 0.139 e. The third-order valence-electron chi connectivity index (χ3n) is 1.90. The zero-order valence-corrected chi connectivity index (χ0v) is 7.42. The molecule has 1 aromatic rings. The molecule has 1 atom stereocenters. The van der Waals surface area contributed by atoms with Crippen LogP contribution in [0.5, 0.6) is 0 Å². The van der Waals surface area contributed by atoms with Crippen LogP contribution in [0.25, 0.3) is 0 Å². The molecule has 0 aliphatic rings.